The minimum atomic E-state index is -0.336. The van der Waals surface area contributed by atoms with Crippen LogP contribution in [0.15, 0.2) is 79.6 Å². The molecule has 0 spiro atoms. The number of rotatable bonds is 5. The van der Waals surface area contributed by atoms with E-state index in [-0.39, 0.29) is 11.7 Å². The van der Waals surface area contributed by atoms with Crippen molar-refractivity contribution in [3.8, 4) is 0 Å². The maximum Gasteiger partial charge on any atom is 0.256 e. The number of imidazole rings is 1. The summed E-state index contributed by atoms with van der Waals surface area (Å²) >= 11 is 0. The summed E-state index contributed by atoms with van der Waals surface area (Å²) in [5, 5.41) is 2.86. The van der Waals surface area contributed by atoms with Crippen molar-refractivity contribution in [2.75, 3.05) is 5.32 Å². The average molecular weight is 381 g/mol. The minimum absolute atomic E-state index is 0.210. The fourth-order valence-electron chi connectivity index (χ4n) is 3.24. The molecule has 0 fully saturated rings. The predicted molar refractivity (Wildman–Crippen MR) is 115 cm³/mol. The lowest BCUT2D eigenvalue weighted by Crippen LogP contribution is -2.17. The lowest BCUT2D eigenvalue weighted by Gasteiger charge is -2.10. The van der Waals surface area contributed by atoms with Gasteiger partial charge in [-0.3, -0.25) is 9.59 Å². The number of hydrogen-bond acceptors (Lipinski definition) is 3. The molecule has 4 rings (SSSR count). The van der Waals surface area contributed by atoms with E-state index in [1.54, 1.807) is 54.9 Å². The van der Waals surface area contributed by atoms with Gasteiger partial charge in [0.15, 0.2) is 5.78 Å². The van der Waals surface area contributed by atoms with Crippen LogP contribution >= 0.6 is 0 Å². The second-order valence-corrected chi connectivity index (χ2v) is 6.72. The molecule has 1 amide bonds. The van der Waals surface area contributed by atoms with Crippen LogP contribution in [0.2, 0.25) is 0 Å². The molecule has 0 saturated carbocycles. The van der Waals surface area contributed by atoms with Gasteiger partial charge in [0.2, 0.25) is 0 Å². The minimum Gasteiger partial charge on any atom is -0.334 e. The summed E-state index contributed by atoms with van der Waals surface area (Å²) in [6, 6.07) is 19.5. The van der Waals surface area contributed by atoms with Crippen LogP contribution in [0.1, 0.15) is 31.8 Å². The monoisotopic (exact) mass is 381 g/mol. The molecule has 5 heteroatoms. The number of ketones is 1. The number of nitrogens with one attached hydrogen (secondary N) is 1. The zero-order valence-electron chi connectivity index (χ0n) is 15.9. The second kappa shape index (κ2) is 7.56. The van der Waals surface area contributed by atoms with Gasteiger partial charge in [-0.25, -0.2) is 4.98 Å². The molecule has 1 heterocycles. The lowest BCUT2D eigenvalue weighted by atomic mass is 9.97. The smallest absolute Gasteiger partial charge is 0.256 e. The van der Waals surface area contributed by atoms with Gasteiger partial charge in [0, 0.05) is 23.9 Å². The number of benzene rings is 3. The number of aromatic nitrogens is 2. The first-order chi connectivity index (χ1) is 14.1. The van der Waals surface area contributed by atoms with E-state index in [2.05, 4.69) is 16.9 Å². The largest absolute Gasteiger partial charge is 0.334 e. The Morgan fingerprint density at radius 1 is 1.00 bits per heavy atom. The van der Waals surface area contributed by atoms with Crippen LogP contribution in [0.25, 0.3) is 17.1 Å². The molecule has 1 N–H and O–H groups in total. The summed E-state index contributed by atoms with van der Waals surface area (Å²) in [6.45, 7) is 3.74. The Kier molecular flexibility index (Phi) is 4.79. The first kappa shape index (κ1) is 18.4. The van der Waals surface area contributed by atoms with E-state index in [0.29, 0.717) is 22.4 Å². The van der Waals surface area contributed by atoms with Crippen LogP contribution in [0, 0.1) is 0 Å². The molecule has 142 valence electrons. The lowest BCUT2D eigenvalue weighted by molar-refractivity contribution is 0.0996. The highest BCUT2D eigenvalue weighted by molar-refractivity contribution is 6.18. The molecular formula is C24H19N3O2. The van der Waals surface area contributed by atoms with Gasteiger partial charge in [-0.1, -0.05) is 43.0 Å². The number of hydrogen-bond donors (Lipinski definition) is 1. The summed E-state index contributed by atoms with van der Waals surface area (Å²) in [7, 11) is 1.88. The van der Waals surface area contributed by atoms with E-state index in [0.717, 1.165) is 16.6 Å². The van der Waals surface area contributed by atoms with Gasteiger partial charge in [-0.15, -0.1) is 0 Å². The van der Waals surface area contributed by atoms with E-state index >= 15 is 0 Å². The van der Waals surface area contributed by atoms with Crippen molar-refractivity contribution >= 4 is 34.5 Å². The Bertz CT molecular complexity index is 1250. The van der Waals surface area contributed by atoms with Gasteiger partial charge in [-0.2, -0.15) is 0 Å². The first-order valence-electron chi connectivity index (χ1n) is 9.15. The molecule has 0 saturated heterocycles. The third-order valence-electron chi connectivity index (χ3n) is 4.78. The van der Waals surface area contributed by atoms with Crippen LogP contribution in [0.3, 0.4) is 0 Å². The van der Waals surface area contributed by atoms with Crippen LogP contribution in [0.4, 0.5) is 5.69 Å². The quantitative estimate of drug-likeness (QED) is 0.510. The number of anilines is 1. The molecule has 29 heavy (non-hydrogen) atoms. The highest BCUT2D eigenvalue weighted by atomic mass is 16.2. The van der Waals surface area contributed by atoms with Gasteiger partial charge in [-0.05, 0) is 42.0 Å². The zero-order chi connectivity index (χ0) is 20.4. The summed E-state index contributed by atoms with van der Waals surface area (Å²) in [5.74, 6) is -0.546. The van der Waals surface area contributed by atoms with Crippen LogP contribution in [-0.4, -0.2) is 21.2 Å². The molecule has 0 atom stereocenters. The predicted octanol–water partition coefficient (Wildman–Crippen LogP) is 4.70. The molecule has 0 radical (unpaired) electrons. The SMILES string of the molecule is C=Cc1cccc(NC(=O)c2ccccc2C(=O)c2ccc3ncn(C)c3c2)c1. The highest BCUT2D eigenvalue weighted by Gasteiger charge is 2.19. The fraction of sp³-hybridized carbons (Fsp3) is 0.0417. The van der Waals surface area contributed by atoms with E-state index in [4.69, 9.17) is 0 Å². The Morgan fingerprint density at radius 3 is 2.59 bits per heavy atom. The summed E-state index contributed by atoms with van der Waals surface area (Å²) in [6.07, 6.45) is 3.42. The molecule has 0 aliphatic heterocycles. The summed E-state index contributed by atoms with van der Waals surface area (Å²) in [5.41, 5.74) is 4.41. The molecule has 0 aliphatic rings. The van der Waals surface area contributed by atoms with Gasteiger partial charge in [0.05, 0.1) is 22.9 Å². The number of carbonyl (C=O) groups excluding carboxylic acids is 2. The third kappa shape index (κ3) is 3.58. The third-order valence-corrected chi connectivity index (χ3v) is 4.78. The highest BCUT2D eigenvalue weighted by Crippen LogP contribution is 2.20. The normalized spacial score (nSPS) is 10.7. The van der Waals surface area contributed by atoms with E-state index in [1.165, 1.54) is 0 Å². The Hall–Kier alpha value is -3.99. The van der Waals surface area contributed by atoms with Crippen LogP contribution in [0.5, 0.6) is 0 Å². The number of nitrogens with zero attached hydrogens (tertiary/aromatic N) is 2. The second-order valence-electron chi connectivity index (χ2n) is 6.72. The standard InChI is InChI=1S/C24H19N3O2/c1-3-16-7-6-8-18(13-16)26-24(29)20-10-5-4-9-19(20)23(28)17-11-12-21-22(14-17)27(2)15-25-21/h3-15H,1H2,2H3,(H,26,29). The van der Waals surface area contributed by atoms with Gasteiger partial charge < -0.3 is 9.88 Å². The van der Waals surface area contributed by atoms with E-state index < -0.39 is 0 Å². The maximum atomic E-state index is 13.2. The van der Waals surface area contributed by atoms with Crippen molar-refractivity contribution in [3.05, 3.63) is 102 Å². The topological polar surface area (TPSA) is 64.0 Å². The first-order valence-corrected chi connectivity index (χ1v) is 9.15. The van der Waals surface area contributed by atoms with Crippen molar-refractivity contribution in [1.29, 1.82) is 0 Å². The molecule has 0 unspecified atom stereocenters. The molecule has 3 aromatic carbocycles. The van der Waals surface area contributed by atoms with Crippen molar-refractivity contribution in [1.82, 2.24) is 9.55 Å². The Morgan fingerprint density at radius 2 is 1.79 bits per heavy atom. The molecule has 4 aromatic rings. The van der Waals surface area contributed by atoms with Crippen molar-refractivity contribution in [2.24, 2.45) is 7.05 Å². The van der Waals surface area contributed by atoms with Crippen LogP contribution < -0.4 is 5.32 Å². The summed E-state index contributed by atoms with van der Waals surface area (Å²) < 4.78 is 1.86. The van der Waals surface area contributed by atoms with Crippen molar-refractivity contribution < 1.29 is 9.59 Å². The van der Waals surface area contributed by atoms with Gasteiger partial charge >= 0.3 is 0 Å². The number of amides is 1. The van der Waals surface area contributed by atoms with E-state index in [1.807, 2.05) is 35.9 Å². The molecule has 5 nitrogen and oxygen atoms in total. The fourth-order valence-corrected chi connectivity index (χ4v) is 3.24. The molecule has 1 aromatic heterocycles. The van der Waals surface area contributed by atoms with Crippen molar-refractivity contribution in [3.63, 3.8) is 0 Å². The maximum absolute atomic E-state index is 13.2. The van der Waals surface area contributed by atoms with Gasteiger partial charge in [0.1, 0.15) is 0 Å². The van der Waals surface area contributed by atoms with Crippen molar-refractivity contribution in [2.45, 2.75) is 0 Å². The number of carbonyl (C=O) groups is 2. The van der Waals surface area contributed by atoms with Crippen LogP contribution in [-0.2, 0) is 7.05 Å². The van der Waals surface area contributed by atoms with E-state index in [9.17, 15) is 9.59 Å². The number of aryl methyl sites for hydroxylation is 1. The molecule has 0 bridgehead atoms. The average Bonchev–Trinajstić information content (AvgIpc) is 3.13. The zero-order valence-corrected chi connectivity index (χ0v) is 15.9. The summed E-state index contributed by atoms with van der Waals surface area (Å²) in [4.78, 5) is 30.3. The Labute approximate surface area is 168 Å². The number of fused-ring (bicyclic) bond motifs is 1. The molecular weight excluding hydrogens is 362 g/mol. The Balaban J connectivity index is 1.68. The molecule has 0 aliphatic carbocycles. The van der Waals surface area contributed by atoms with Gasteiger partial charge in [0.25, 0.3) is 5.91 Å².